The first kappa shape index (κ1) is 23.9. The van der Waals surface area contributed by atoms with E-state index in [2.05, 4.69) is 20.4 Å². The molecule has 5 rings (SSSR count). The molecule has 3 heterocycles. The lowest BCUT2D eigenvalue weighted by Gasteiger charge is -2.14. The van der Waals surface area contributed by atoms with Crippen molar-refractivity contribution in [2.24, 2.45) is 0 Å². The number of aromatic nitrogens is 4. The number of ether oxygens (including phenoxy) is 2. The van der Waals surface area contributed by atoms with E-state index in [1.807, 2.05) is 13.8 Å². The average molecular weight is 526 g/mol. The standard InChI is InChI=1S/C24H23N5O5S2/c1-15(2)33-18-10-16(23(30)28-24-26-14-22(35-24)29-9-3-8-27-29)11-19(12-18)34-17-4-7-21(25-13-17)36(31,32)20-5-6-20/h3-4,7-15,20H,5-6H2,1-2H3,(H,26,28,30). The molecule has 1 aliphatic rings. The lowest BCUT2D eigenvalue weighted by molar-refractivity contribution is 0.102. The van der Waals surface area contributed by atoms with E-state index in [-0.39, 0.29) is 22.3 Å². The van der Waals surface area contributed by atoms with E-state index in [4.69, 9.17) is 9.47 Å². The highest BCUT2D eigenvalue weighted by molar-refractivity contribution is 7.92. The van der Waals surface area contributed by atoms with E-state index < -0.39 is 9.84 Å². The lowest BCUT2D eigenvalue weighted by atomic mass is 10.2. The van der Waals surface area contributed by atoms with Gasteiger partial charge in [-0.3, -0.25) is 10.1 Å². The van der Waals surface area contributed by atoms with E-state index in [0.29, 0.717) is 40.8 Å². The average Bonchev–Trinajstić information content (AvgIpc) is 3.37. The van der Waals surface area contributed by atoms with Gasteiger partial charge in [-0.2, -0.15) is 5.10 Å². The topological polar surface area (TPSA) is 125 Å². The minimum Gasteiger partial charge on any atom is -0.491 e. The second kappa shape index (κ2) is 9.70. The highest BCUT2D eigenvalue weighted by atomic mass is 32.2. The molecule has 0 aliphatic heterocycles. The van der Waals surface area contributed by atoms with Crippen molar-refractivity contribution in [2.75, 3.05) is 5.32 Å². The Hall–Kier alpha value is -3.77. The number of carbonyl (C=O) groups is 1. The molecule has 0 bridgehead atoms. The molecule has 1 amide bonds. The van der Waals surface area contributed by atoms with Crippen LogP contribution in [0.15, 0.2) is 66.2 Å². The molecule has 4 aromatic rings. The molecule has 36 heavy (non-hydrogen) atoms. The highest BCUT2D eigenvalue weighted by Crippen LogP contribution is 2.34. The smallest absolute Gasteiger partial charge is 0.257 e. The first-order valence-electron chi connectivity index (χ1n) is 11.2. The molecule has 0 radical (unpaired) electrons. The largest absolute Gasteiger partial charge is 0.491 e. The first-order valence-corrected chi connectivity index (χ1v) is 13.6. The zero-order valence-corrected chi connectivity index (χ0v) is 21.1. The van der Waals surface area contributed by atoms with Gasteiger partial charge in [-0.1, -0.05) is 11.3 Å². The molecule has 0 spiro atoms. The van der Waals surface area contributed by atoms with Gasteiger partial charge in [-0.05, 0) is 57.0 Å². The van der Waals surface area contributed by atoms with E-state index in [1.54, 1.807) is 53.6 Å². The monoisotopic (exact) mass is 525 g/mol. The SMILES string of the molecule is CC(C)Oc1cc(Oc2ccc(S(=O)(=O)C3CC3)nc2)cc(C(=O)Nc2ncc(-n3cccn3)s2)c1. The molecule has 0 unspecified atom stereocenters. The first-order chi connectivity index (χ1) is 17.3. The second-order valence-electron chi connectivity index (χ2n) is 8.45. The third-order valence-corrected chi connectivity index (χ3v) is 8.23. The molecule has 1 aromatic carbocycles. The Bertz CT molecular complexity index is 1480. The Labute approximate surface area is 211 Å². The quantitative estimate of drug-likeness (QED) is 0.339. The van der Waals surface area contributed by atoms with Gasteiger partial charge in [0.25, 0.3) is 5.91 Å². The molecular weight excluding hydrogens is 502 g/mol. The zero-order chi connectivity index (χ0) is 25.3. The molecule has 186 valence electrons. The number of hydrogen-bond acceptors (Lipinski definition) is 9. The molecule has 10 nitrogen and oxygen atoms in total. The van der Waals surface area contributed by atoms with Crippen molar-refractivity contribution in [1.29, 1.82) is 0 Å². The maximum absolute atomic E-state index is 13.0. The number of carbonyl (C=O) groups excluding carboxylic acids is 1. The summed E-state index contributed by atoms with van der Waals surface area (Å²) >= 11 is 1.28. The molecule has 12 heteroatoms. The van der Waals surface area contributed by atoms with Crippen LogP contribution in [-0.4, -0.2) is 45.4 Å². The number of hydrogen-bond donors (Lipinski definition) is 1. The fourth-order valence-corrected chi connectivity index (χ4v) is 5.69. The van der Waals surface area contributed by atoms with E-state index >= 15 is 0 Å². The summed E-state index contributed by atoms with van der Waals surface area (Å²) in [6, 6.07) is 9.63. The molecule has 1 N–H and O–H groups in total. The summed E-state index contributed by atoms with van der Waals surface area (Å²) in [7, 11) is -3.39. The number of thiazole rings is 1. The van der Waals surface area contributed by atoms with Crippen molar-refractivity contribution < 1.29 is 22.7 Å². The zero-order valence-electron chi connectivity index (χ0n) is 19.5. The van der Waals surface area contributed by atoms with Crippen molar-refractivity contribution >= 4 is 32.2 Å². The van der Waals surface area contributed by atoms with Crippen LogP contribution in [-0.2, 0) is 9.84 Å². The second-order valence-corrected chi connectivity index (χ2v) is 11.6. The van der Waals surface area contributed by atoms with Gasteiger partial charge < -0.3 is 9.47 Å². The van der Waals surface area contributed by atoms with Gasteiger partial charge in [-0.15, -0.1) is 0 Å². The van der Waals surface area contributed by atoms with Crippen LogP contribution < -0.4 is 14.8 Å². The van der Waals surface area contributed by atoms with Gasteiger partial charge in [-0.25, -0.2) is 23.1 Å². The number of nitrogens with zero attached hydrogens (tertiary/aromatic N) is 4. The number of nitrogens with one attached hydrogen (secondary N) is 1. The van der Waals surface area contributed by atoms with E-state index in [0.717, 1.165) is 5.00 Å². The van der Waals surface area contributed by atoms with Crippen molar-refractivity contribution in [2.45, 2.75) is 43.1 Å². The molecule has 1 aliphatic carbocycles. The Kier molecular flexibility index (Phi) is 6.46. The minimum absolute atomic E-state index is 0.0345. The van der Waals surface area contributed by atoms with Crippen molar-refractivity contribution in [3.63, 3.8) is 0 Å². The predicted octanol–water partition coefficient (Wildman–Crippen LogP) is 4.49. The van der Waals surface area contributed by atoms with Crippen molar-refractivity contribution in [3.05, 3.63) is 66.7 Å². The summed E-state index contributed by atoms with van der Waals surface area (Å²) in [5.74, 6) is 0.736. The van der Waals surface area contributed by atoms with E-state index in [1.165, 1.54) is 23.6 Å². The van der Waals surface area contributed by atoms with Crippen molar-refractivity contribution in [3.8, 4) is 22.2 Å². The fraction of sp³-hybridized carbons (Fsp3) is 0.250. The summed E-state index contributed by atoms with van der Waals surface area (Å²) in [5.41, 5.74) is 0.305. The third-order valence-electron chi connectivity index (χ3n) is 5.16. The molecule has 1 saturated carbocycles. The van der Waals surface area contributed by atoms with Gasteiger partial charge in [0.05, 0.1) is 23.7 Å². The summed E-state index contributed by atoms with van der Waals surface area (Å²) in [5, 5.41) is 7.83. The molecular formula is C24H23N5O5S2. The number of pyridine rings is 1. The predicted molar refractivity (Wildman–Crippen MR) is 134 cm³/mol. The van der Waals surface area contributed by atoms with Gasteiger partial charge in [0.1, 0.15) is 22.2 Å². The summed E-state index contributed by atoms with van der Waals surface area (Å²) in [6.45, 7) is 3.76. The maximum Gasteiger partial charge on any atom is 0.257 e. The maximum atomic E-state index is 13.0. The van der Waals surface area contributed by atoms with Crippen LogP contribution in [0.3, 0.4) is 0 Å². The van der Waals surface area contributed by atoms with Gasteiger partial charge in [0.2, 0.25) is 0 Å². The van der Waals surface area contributed by atoms with Crippen LogP contribution in [0, 0.1) is 0 Å². The Morgan fingerprint density at radius 2 is 1.92 bits per heavy atom. The number of benzene rings is 1. The molecule has 0 atom stereocenters. The molecule has 3 aromatic heterocycles. The summed E-state index contributed by atoms with van der Waals surface area (Å²) in [6.07, 6.45) is 7.65. The number of rotatable bonds is 9. The van der Waals surface area contributed by atoms with Crippen LogP contribution in [0.1, 0.15) is 37.0 Å². The van der Waals surface area contributed by atoms with Crippen LogP contribution in [0.4, 0.5) is 5.13 Å². The summed E-state index contributed by atoms with van der Waals surface area (Å²) in [4.78, 5) is 21.3. The Morgan fingerprint density at radius 1 is 1.11 bits per heavy atom. The fourth-order valence-electron chi connectivity index (χ4n) is 3.38. The normalized spacial score (nSPS) is 13.5. The molecule has 1 fully saturated rings. The number of sulfone groups is 1. The van der Waals surface area contributed by atoms with E-state index in [9.17, 15) is 13.2 Å². The molecule has 0 saturated heterocycles. The highest BCUT2D eigenvalue weighted by Gasteiger charge is 2.37. The van der Waals surface area contributed by atoms with Crippen LogP contribution >= 0.6 is 11.3 Å². The van der Waals surface area contributed by atoms with Crippen molar-refractivity contribution in [1.82, 2.24) is 19.7 Å². The van der Waals surface area contributed by atoms with Gasteiger partial charge in [0.15, 0.2) is 20.0 Å². The Morgan fingerprint density at radius 3 is 2.58 bits per heavy atom. The van der Waals surface area contributed by atoms with Crippen LogP contribution in [0.2, 0.25) is 0 Å². The third kappa shape index (κ3) is 5.39. The number of anilines is 1. The number of amides is 1. The van der Waals surface area contributed by atoms with Gasteiger partial charge in [0, 0.05) is 24.0 Å². The van der Waals surface area contributed by atoms with Crippen LogP contribution in [0.25, 0.3) is 5.00 Å². The lowest BCUT2D eigenvalue weighted by Crippen LogP contribution is -2.13. The Balaban J connectivity index is 1.35. The van der Waals surface area contributed by atoms with Crippen LogP contribution in [0.5, 0.6) is 17.2 Å². The van der Waals surface area contributed by atoms with Gasteiger partial charge >= 0.3 is 0 Å². The minimum atomic E-state index is -3.39. The summed E-state index contributed by atoms with van der Waals surface area (Å²) < 4.78 is 38.1.